The standard InChI is InChI=1S/C22H22N4O3S/c27-26(28)20-4-1-3-17(14-20)13-18-6-7-19(22(18)25-8-10-29-11-9-25)15-23-24-16-21-5-2-12-30-21/h1-5,12-16H,6-11H2/b18-13+,23-15+,24-16+. The van der Waals surface area contributed by atoms with E-state index in [1.54, 1.807) is 29.7 Å². The average molecular weight is 423 g/mol. The van der Waals surface area contributed by atoms with Crippen LogP contribution < -0.4 is 0 Å². The molecule has 30 heavy (non-hydrogen) atoms. The van der Waals surface area contributed by atoms with E-state index in [1.165, 1.54) is 11.6 Å². The lowest BCUT2D eigenvalue weighted by molar-refractivity contribution is -0.384. The summed E-state index contributed by atoms with van der Waals surface area (Å²) in [6.07, 6.45) is 7.37. The van der Waals surface area contributed by atoms with Crippen LogP contribution in [0.1, 0.15) is 23.3 Å². The maximum atomic E-state index is 11.1. The van der Waals surface area contributed by atoms with Gasteiger partial charge < -0.3 is 9.64 Å². The van der Waals surface area contributed by atoms with Gasteiger partial charge in [0.25, 0.3) is 5.69 Å². The molecule has 0 unspecified atom stereocenters. The van der Waals surface area contributed by atoms with Crippen molar-refractivity contribution in [3.05, 3.63) is 79.2 Å². The lowest BCUT2D eigenvalue weighted by Gasteiger charge is -2.31. The van der Waals surface area contributed by atoms with Gasteiger partial charge >= 0.3 is 0 Å². The molecular formula is C22H22N4O3S. The second kappa shape index (κ2) is 9.60. The molecule has 2 heterocycles. The molecule has 1 saturated heterocycles. The van der Waals surface area contributed by atoms with Crippen molar-refractivity contribution in [1.82, 2.24) is 4.90 Å². The molecule has 8 heteroatoms. The summed E-state index contributed by atoms with van der Waals surface area (Å²) in [6.45, 7) is 3.01. The maximum absolute atomic E-state index is 11.1. The number of hydrogen-bond acceptors (Lipinski definition) is 7. The van der Waals surface area contributed by atoms with Crippen LogP contribution in [0.3, 0.4) is 0 Å². The molecule has 154 valence electrons. The van der Waals surface area contributed by atoms with Crippen LogP contribution in [0, 0.1) is 10.1 Å². The lowest BCUT2D eigenvalue weighted by atomic mass is 10.1. The van der Waals surface area contributed by atoms with E-state index in [4.69, 9.17) is 4.74 Å². The fourth-order valence-corrected chi connectivity index (χ4v) is 4.24. The molecule has 4 rings (SSSR count). The Labute approximate surface area is 178 Å². The van der Waals surface area contributed by atoms with Gasteiger partial charge in [0.2, 0.25) is 0 Å². The highest BCUT2D eigenvalue weighted by atomic mass is 32.1. The number of nitrogens with zero attached hydrogens (tertiary/aromatic N) is 4. The number of ether oxygens (including phenoxy) is 1. The minimum atomic E-state index is -0.362. The van der Waals surface area contributed by atoms with Crippen LogP contribution in [0.15, 0.2) is 68.8 Å². The first-order valence-corrected chi connectivity index (χ1v) is 10.7. The Morgan fingerprint density at radius 3 is 2.70 bits per heavy atom. The number of hydrogen-bond donors (Lipinski definition) is 0. The van der Waals surface area contributed by atoms with Crippen molar-refractivity contribution in [2.24, 2.45) is 10.2 Å². The molecular weight excluding hydrogens is 400 g/mol. The molecule has 2 aliphatic rings. The molecule has 0 radical (unpaired) electrons. The Balaban J connectivity index is 1.62. The topological polar surface area (TPSA) is 80.3 Å². The van der Waals surface area contributed by atoms with Gasteiger partial charge in [-0.2, -0.15) is 10.2 Å². The molecule has 0 spiro atoms. The predicted molar refractivity (Wildman–Crippen MR) is 120 cm³/mol. The lowest BCUT2D eigenvalue weighted by Crippen LogP contribution is -2.36. The average Bonchev–Trinajstić information content (AvgIpc) is 3.42. The summed E-state index contributed by atoms with van der Waals surface area (Å²) in [5.41, 5.74) is 4.39. The number of nitro benzene ring substituents is 1. The van der Waals surface area contributed by atoms with E-state index < -0.39 is 0 Å². The van der Waals surface area contributed by atoms with Crippen molar-refractivity contribution in [1.29, 1.82) is 0 Å². The number of benzene rings is 1. The summed E-state index contributed by atoms with van der Waals surface area (Å²) in [5, 5.41) is 21.6. The van der Waals surface area contributed by atoms with Crippen LogP contribution in [-0.2, 0) is 4.74 Å². The summed E-state index contributed by atoms with van der Waals surface area (Å²) in [6, 6.07) is 10.7. The molecule has 1 aromatic carbocycles. The number of rotatable bonds is 6. The monoisotopic (exact) mass is 422 g/mol. The van der Waals surface area contributed by atoms with Gasteiger partial charge in [0.15, 0.2) is 0 Å². The van der Waals surface area contributed by atoms with Crippen molar-refractivity contribution in [3.63, 3.8) is 0 Å². The highest BCUT2D eigenvalue weighted by molar-refractivity contribution is 7.11. The van der Waals surface area contributed by atoms with Crippen molar-refractivity contribution >= 4 is 35.5 Å². The fraction of sp³-hybridized carbons (Fsp3) is 0.273. The summed E-state index contributed by atoms with van der Waals surface area (Å²) >= 11 is 1.62. The molecule has 0 saturated carbocycles. The third-order valence-corrected chi connectivity index (χ3v) is 5.84. The molecule has 0 N–H and O–H groups in total. The second-order valence-corrected chi connectivity index (χ2v) is 7.98. The van der Waals surface area contributed by atoms with Gasteiger partial charge in [-0.25, -0.2) is 0 Å². The van der Waals surface area contributed by atoms with Crippen molar-refractivity contribution in [3.8, 4) is 0 Å². The zero-order valence-electron chi connectivity index (χ0n) is 16.4. The van der Waals surface area contributed by atoms with E-state index >= 15 is 0 Å². The summed E-state index contributed by atoms with van der Waals surface area (Å²) in [5.74, 6) is 0. The van der Waals surface area contributed by atoms with Crippen molar-refractivity contribution < 1.29 is 9.66 Å². The smallest absolute Gasteiger partial charge is 0.270 e. The first kappa shape index (κ1) is 20.2. The zero-order chi connectivity index (χ0) is 20.8. The quantitative estimate of drug-likeness (QED) is 0.389. The predicted octanol–water partition coefficient (Wildman–Crippen LogP) is 4.52. The molecule has 1 aliphatic carbocycles. The number of thiophene rings is 1. The minimum Gasteiger partial charge on any atom is -0.378 e. The van der Waals surface area contributed by atoms with E-state index in [0.717, 1.165) is 47.6 Å². The third-order valence-electron chi connectivity index (χ3n) is 5.03. The van der Waals surface area contributed by atoms with Gasteiger partial charge in [0.1, 0.15) is 0 Å². The fourth-order valence-electron chi connectivity index (χ4n) is 3.66. The Hall–Kier alpha value is -3.10. The van der Waals surface area contributed by atoms with E-state index in [-0.39, 0.29) is 10.6 Å². The Bertz CT molecular complexity index is 1020. The van der Waals surface area contributed by atoms with Gasteiger partial charge in [-0.3, -0.25) is 10.1 Å². The number of non-ortho nitro benzene ring substituents is 1. The van der Waals surface area contributed by atoms with Crippen LogP contribution in [-0.4, -0.2) is 48.6 Å². The minimum absolute atomic E-state index is 0.101. The van der Waals surface area contributed by atoms with Gasteiger partial charge in [-0.1, -0.05) is 18.2 Å². The molecule has 2 aromatic rings. The Morgan fingerprint density at radius 2 is 1.93 bits per heavy atom. The van der Waals surface area contributed by atoms with Crippen LogP contribution in [0.4, 0.5) is 5.69 Å². The summed E-state index contributed by atoms with van der Waals surface area (Å²) in [7, 11) is 0. The second-order valence-electron chi connectivity index (χ2n) is 7.00. The normalized spacial score (nSPS) is 18.9. The molecule has 7 nitrogen and oxygen atoms in total. The molecule has 1 fully saturated rings. The Morgan fingerprint density at radius 1 is 1.10 bits per heavy atom. The number of nitro groups is 1. The van der Waals surface area contributed by atoms with Crippen LogP contribution in [0.5, 0.6) is 0 Å². The molecule has 0 amide bonds. The van der Waals surface area contributed by atoms with Crippen LogP contribution >= 0.6 is 11.3 Å². The maximum Gasteiger partial charge on any atom is 0.270 e. The molecule has 1 aromatic heterocycles. The first-order chi connectivity index (χ1) is 14.7. The van der Waals surface area contributed by atoms with Gasteiger partial charge in [0.05, 0.1) is 30.6 Å². The first-order valence-electron chi connectivity index (χ1n) is 9.82. The van der Waals surface area contributed by atoms with E-state index in [0.29, 0.717) is 13.2 Å². The zero-order valence-corrected chi connectivity index (χ0v) is 17.3. The van der Waals surface area contributed by atoms with Crippen LogP contribution in [0.2, 0.25) is 0 Å². The SMILES string of the molecule is O=[N+]([O-])c1cccc(/C=C2\CCC(/C=N/N=C/c3cccs3)=C2N2CCOCC2)c1. The molecule has 0 atom stereocenters. The highest BCUT2D eigenvalue weighted by Gasteiger charge is 2.25. The Kier molecular flexibility index (Phi) is 6.46. The number of morpholine rings is 1. The van der Waals surface area contributed by atoms with Crippen LogP contribution in [0.25, 0.3) is 6.08 Å². The highest BCUT2D eigenvalue weighted by Crippen LogP contribution is 2.35. The van der Waals surface area contributed by atoms with Crippen molar-refractivity contribution in [2.45, 2.75) is 12.8 Å². The molecule has 0 bridgehead atoms. The third kappa shape index (κ3) is 4.90. The van der Waals surface area contributed by atoms with Gasteiger partial charge in [-0.05, 0) is 47.1 Å². The molecule has 1 aliphatic heterocycles. The van der Waals surface area contributed by atoms with E-state index in [9.17, 15) is 10.1 Å². The largest absolute Gasteiger partial charge is 0.378 e. The van der Waals surface area contributed by atoms with E-state index in [2.05, 4.69) is 15.1 Å². The number of allylic oxidation sites excluding steroid dienone is 2. The summed E-state index contributed by atoms with van der Waals surface area (Å²) < 4.78 is 5.52. The van der Waals surface area contributed by atoms with Gasteiger partial charge in [-0.15, -0.1) is 11.3 Å². The van der Waals surface area contributed by atoms with E-state index in [1.807, 2.05) is 35.9 Å². The van der Waals surface area contributed by atoms with Crippen molar-refractivity contribution in [2.75, 3.05) is 26.3 Å². The summed E-state index contributed by atoms with van der Waals surface area (Å²) in [4.78, 5) is 14.1. The van der Waals surface area contributed by atoms with Gasteiger partial charge in [0, 0.05) is 35.8 Å².